The first-order chi connectivity index (χ1) is 10.3. The molecule has 110 valence electrons. The third-order valence-electron chi connectivity index (χ3n) is 4.47. The van der Waals surface area contributed by atoms with Crippen LogP contribution in [0.15, 0.2) is 29.3 Å². The van der Waals surface area contributed by atoms with E-state index in [1.54, 1.807) is 4.57 Å². The van der Waals surface area contributed by atoms with Gasteiger partial charge in [0.2, 0.25) is 0 Å². The first kappa shape index (κ1) is 12.8. The molecule has 1 fully saturated rings. The highest BCUT2D eigenvalue weighted by atomic mass is 16.5. The average molecular weight is 285 g/mol. The highest BCUT2D eigenvalue weighted by Gasteiger charge is 2.20. The minimum atomic E-state index is -0.224. The number of ether oxygens (including phenoxy) is 1. The number of nitrogens with zero attached hydrogens (tertiary/aromatic N) is 3. The summed E-state index contributed by atoms with van der Waals surface area (Å²) < 4.78 is 9.23. The van der Waals surface area contributed by atoms with Gasteiger partial charge in [0.15, 0.2) is 0 Å². The highest BCUT2D eigenvalue weighted by Crippen LogP contribution is 2.25. The lowest BCUT2D eigenvalue weighted by Crippen LogP contribution is -2.27. The van der Waals surface area contributed by atoms with E-state index in [1.807, 2.05) is 18.5 Å². The van der Waals surface area contributed by atoms with Crippen LogP contribution in [0.25, 0.3) is 5.82 Å². The Labute approximate surface area is 123 Å². The number of aromatic nitrogens is 3. The lowest BCUT2D eigenvalue weighted by Gasteiger charge is -2.16. The lowest BCUT2D eigenvalue weighted by atomic mass is 9.98. The summed E-state index contributed by atoms with van der Waals surface area (Å²) in [5.74, 6) is 0.720. The van der Waals surface area contributed by atoms with E-state index in [2.05, 4.69) is 15.6 Å². The molecule has 21 heavy (non-hydrogen) atoms. The van der Waals surface area contributed by atoms with Crippen molar-refractivity contribution in [1.82, 2.24) is 14.1 Å². The zero-order valence-electron chi connectivity index (χ0n) is 12.0. The van der Waals surface area contributed by atoms with E-state index in [-0.39, 0.29) is 11.9 Å². The lowest BCUT2D eigenvalue weighted by molar-refractivity contribution is 0.0527. The Kier molecular flexibility index (Phi) is 3.15. The Balaban J connectivity index is 1.71. The molecule has 0 bridgehead atoms. The van der Waals surface area contributed by atoms with Gasteiger partial charge >= 0.3 is 5.69 Å². The average Bonchev–Trinajstić information content (AvgIpc) is 3.16. The number of fused-ring (bicyclic) bond motifs is 1. The maximum absolute atomic E-state index is 12.2. The molecule has 0 aromatic carbocycles. The van der Waals surface area contributed by atoms with Crippen LogP contribution < -0.4 is 5.69 Å². The van der Waals surface area contributed by atoms with Crippen molar-refractivity contribution >= 4 is 0 Å². The third kappa shape index (κ3) is 2.21. The van der Waals surface area contributed by atoms with E-state index in [9.17, 15) is 4.79 Å². The van der Waals surface area contributed by atoms with Crippen LogP contribution in [-0.2, 0) is 17.6 Å². The van der Waals surface area contributed by atoms with Gasteiger partial charge in [0.25, 0.3) is 0 Å². The first-order valence-electron chi connectivity index (χ1n) is 7.73. The maximum Gasteiger partial charge on any atom is 0.351 e. The van der Waals surface area contributed by atoms with Gasteiger partial charge in [0.1, 0.15) is 12.0 Å². The van der Waals surface area contributed by atoms with Crippen LogP contribution in [-0.4, -0.2) is 20.7 Å². The largest absolute Gasteiger partial charge is 0.358 e. The fourth-order valence-electron chi connectivity index (χ4n) is 3.37. The second kappa shape index (κ2) is 5.15. The smallest absolute Gasteiger partial charge is 0.351 e. The van der Waals surface area contributed by atoms with E-state index in [4.69, 9.17) is 4.74 Å². The van der Waals surface area contributed by atoms with Crippen molar-refractivity contribution in [2.75, 3.05) is 6.61 Å². The van der Waals surface area contributed by atoms with Gasteiger partial charge in [-0.2, -0.15) is 4.98 Å². The van der Waals surface area contributed by atoms with Gasteiger partial charge < -0.3 is 9.30 Å². The molecule has 0 N–H and O–H groups in total. The molecular formula is C16H19N3O2. The van der Waals surface area contributed by atoms with E-state index in [0.29, 0.717) is 0 Å². The molecule has 1 saturated heterocycles. The molecule has 5 nitrogen and oxygen atoms in total. The summed E-state index contributed by atoms with van der Waals surface area (Å²) in [7, 11) is 0. The van der Waals surface area contributed by atoms with Crippen molar-refractivity contribution in [2.24, 2.45) is 0 Å². The summed E-state index contributed by atoms with van der Waals surface area (Å²) in [5.41, 5.74) is 2.48. The third-order valence-corrected chi connectivity index (χ3v) is 4.47. The van der Waals surface area contributed by atoms with Crippen LogP contribution in [0.4, 0.5) is 0 Å². The molecule has 5 heteroatoms. The molecule has 2 aromatic rings. The SMILES string of the molecule is O=c1nc(-n2ccc3c2CCCC3)ccn1C1CCCO1. The molecular weight excluding hydrogens is 266 g/mol. The van der Waals surface area contributed by atoms with Crippen molar-refractivity contribution in [3.05, 3.63) is 46.3 Å². The summed E-state index contributed by atoms with van der Waals surface area (Å²) in [5, 5.41) is 0. The summed E-state index contributed by atoms with van der Waals surface area (Å²) in [6.45, 7) is 0.726. The van der Waals surface area contributed by atoms with Crippen molar-refractivity contribution in [3.63, 3.8) is 0 Å². The van der Waals surface area contributed by atoms with Crippen LogP contribution in [0.3, 0.4) is 0 Å². The van der Waals surface area contributed by atoms with Crippen LogP contribution in [0.2, 0.25) is 0 Å². The molecule has 0 amide bonds. The number of rotatable bonds is 2. The van der Waals surface area contributed by atoms with Crippen LogP contribution in [0.5, 0.6) is 0 Å². The van der Waals surface area contributed by atoms with Crippen LogP contribution in [0, 0.1) is 0 Å². The molecule has 0 spiro atoms. The minimum Gasteiger partial charge on any atom is -0.358 e. The Bertz CT molecular complexity index is 711. The highest BCUT2D eigenvalue weighted by molar-refractivity contribution is 5.33. The second-order valence-electron chi connectivity index (χ2n) is 5.81. The zero-order chi connectivity index (χ0) is 14.2. The Morgan fingerprint density at radius 3 is 2.86 bits per heavy atom. The van der Waals surface area contributed by atoms with Crippen molar-refractivity contribution in [3.8, 4) is 5.82 Å². The molecule has 1 unspecified atom stereocenters. The van der Waals surface area contributed by atoms with E-state index < -0.39 is 0 Å². The Morgan fingerprint density at radius 1 is 1.14 bits per heavy atom. The van der Waals surface area contributed by atoms with E-state index in [1.165, 1.54) is 24.1 Å². The molecule has 2 aliphatic rings. The predicted octanol–water partition coefficient (Wildman–Crippen LogP) is 2.22. The summed E-state index contributed by atoms with van der Waals surface area (Å²) >= 11 is 0. The van der Waals surface area contributed by atoms with E-state index in [0.717, 1.165) is 38.1 Å². The van der Waals surface area contributed by atoms with Crippen molar-refractivity contribution in [2.45, 2.75) is 44.8 Å². The number of aryl methyl sites for hydroxylation is 1. The van der Waals surface area contributed by atoms with Gasteiger partial charge in [0, 0.05) is 24.7 Å². The predicted molar refractivity (Wildman–Crippen MR) is 78.7 cm³/mol. The van der Waals surface area contributed by atoms with Crippen LogP contribution in [0.1, 0.15) is 43.2 Å². The van der Waals surface area contributed by atoms with Gasteiger partial charge in [-0.1, -0.05) is 0 Å². The van der Waals surface area contributed by atoms with Crippen molar-refractivity contribution < 1.29 is 4.74 Å². The minimum absolute atomic E-state index is 0.141. The standard InChI is InChI=1S/C16H19N3O2/c20-16-17-14(8-10-19(16)15-6-3-11-21-15)18-9-7-12-4-1-2-5-13(12)18/h7-10,15H,1-6,11H2. The van der Waals surface area contributed by atoms with E-state index >= 15 is 0 Å². The molecule has 3 heterocycles. The summed E-state index contributed by atoms with van der Waals surface area (Å²) in [6, 6.07) is 4.07. The molecule has 2 aromatic heterocycles. The summed E-state index contributed by atoms with van der Waals surface area (Å²) in [6.07, 6.45) is 10.3. The topological polar surface area (TPSA) is 49.0 Å². The molecule has 4 rings (SSSR count). The van der Waals surface area contributed by atoms with Gasteiger partial charge in [-0.3, -0.25) is 4.57 Å². The molecule has 0 radical (unpaired) electrons. The van der Waals surface area contributed by atoms with Gasteiger partial charge in [-0.05, 0) is 56.2 Å². The Hall–Kier alpha value is -1.88. The fraction of sp³-hybridized carbons (Fsp3) is 0.500. The number of hydrogen-bond acceptors (Lipinski definition) is 3. The molecule has 1 aliphatic carbocycles. The quantitative estimate of drug-likeness (QED) is 0.850. The molecule has 0 saturated carbocycles. The summed E-state index contributed by atoms with van der Waals surface area (Å²) in [4.78, 5) is 16.5. The fourth-order valence-corrected chi connectivity index (χ4v) is 3.37. The van der Waals surface area contributed by atoms with Crippen LogP contribution >= 0.6 is 0 Å². The maximum atomic E-state index is 12.2. The monoisotopic (exact) mass is 285 g/mol. The number of hydrogen-bond donors (Lipinski definition) is 0. The molecule has 1 atom stereocenters. The molecule has 1 aliphatic heterocycles. The van der Waals surface area contributed by atoms with Gasteiger partial charge in [-0.25, -0.2) is 4.79 Å². The zero-order valence-corrected chi connectivity index (χ0v) is 12.0. The Morgan fingerprint density at radius 2 is 2.05 bits per heavy atom. The van der Waals surface area contributed by atoms with Gasteiger partial charge in [0.05, 0.1) is 0 Å². The first-order valence-corrected chi connectivity index (χ1v) is 7.73. The normalized spacial score (nSPS) is 21.4. The second-order valence-corrected chi connectivity index (χ2v) is 5.81. The van der Waals surface area contributed by atoms with Gasteiger partial charge in [-0.15, -0.1) is 0 Å². The van der Waals surface area contributed by atoms with Crippen molar-refractivity contribution in [1.29, 1.82) is 0 Å².